The van der Waals surface area contributed by atoms with E-state index in [2.05, 4.69) is 24.0 Å². The molecule has 1 aromatic heterocycles. The Hall–Kier alpha value is -2.01. The molecule has 0 bridgehead atoms. The van der Waals surface area contributed by atoms with Crippen LogP contribution in [0.1, 0.15) is 56.8 Å². The Kier molecular flexibility index (Phi) is 6.26. The molecule has 128 valence electrons. The molecule has 1 unspecified atom stereocenters. The molecule has 0 radical (unpaired) electrons. The minimum atomic E-state index is -0.441. The van der Waals surface area contributed by atoms with E-state index in [1.165, 1.54) is 5.56 Å². The predicted octanol–water partition coefficient (Wildman–Crippen LogP) is 4.49. The SMILES string of the molecule is CCOC(=O)c1c(C)[nH]c(C)c1C(=O)CSC(C)c1ccccc1. The number of aromatic nitrogens is 1. The molecule has 2 rings (SSSR count). The Bertz CT molecular complexity index is 722. The summed E-state index contributed by atoms with van der Waals surface area (Å²) in [5, 5.41) is 0.210. The van der Waals surface area contributed by atoms with E-state index in [4.69, 9.17) is 4.74 Å². The molecule has 1 atom stereocenters. The molecule has 0 aliphatic carbocycles. The number of hydrogen-bond donors (Lipinski definition) is 1. The van der Waals surface area contributed by atoms with Crippen molar-refractivity contribution < 1.29 is 14.3 Å². The van der Waals surface area contributed by atoms with Gasteiger partial charge in [0.1, 0.15) is 0 Å². The largest absolute Gasteiger partial charge is 0.462 e. The highest BCUT2D eigenvalue weighted by molar-refractivity contribution is 8.00. The number of Topliss-reactive ketones (excluding diaryl/α,β-unsaturated/α-hetero) is 1. The van der Waals surface area contributed by atoms with Crippen LogP contribution in [0.3, 0.4) is 0 Å². The molecule has 0 saturated carbocycles. The molecule has 0 aliphatic rings. The van der Waals surface area contributed by atoms with Crippen LogP contribution in [-0.4, -0.2) is 29.1 Å². The normalized spacial score (nSPS) is 12.0. The summed E-state index contributed by atoms with van der Waals surface area (Å²) < 4.78 is 5.09. The van der Waals surface area contributed by atoms with Crippen molar-refractivity contribution in [2.45, 2.75) is 32.9 Å². The molecular formula is C19H23NO3S. The van der Waals surface area contributed by atoms with Gasteiger partial charge < -0.3 is 9.72 Å². The molecule has 24 heavy (non-hydrogen) atoms. The van der Waals surface area contributed by atoms with E-state index in [1.54, 1.807) is 25.6 Å². The number of nitrogens with one attached hydrogen (secondary N) is 1. The van der Waals surface area contributed by atoms with Crippen molar-refractivity contribution in [3.05, 3.63) is 58.4 Å². The molecule has 1 N–H and O–H groups in total. The number of carbonyl (C=O) groups is 2. The molecule has 0 spiro atoms. The first kappa shape index (κ1) is 18.3. The summed E-state index contributed by atoms with van der Waals surface area (Å²) in [4.78, 5) is 27.9. The quantitative estimate of drug-likeness (QED) is 0.593. The zero-order chi connectivity index (χ0) is 17.7. The molecule has 1 aromatic carbocycles. The maximum atomic E-state index is 12.7. The maximum Gasteiger partial charge on any atom is 0.340 e. The lowest BCUT2D eigenvalue weighted by molar-refractivity contribution is 0.0522. The number of hydrogen-bond acceptors (Lipinski definition) is 4. The second-order valence-electron chi connectivity index (χ2n) is 5.63. The molecule has 1 heterocycles. The van der Waals surface area contributed by atoms with Crippen molar-refractivity contribution >= 4 is 23.5 Å². The second-order valence-corrected chi connectivity index (χ2v) is 6.96. The van der Waals surface area contributed by atoms with Crippen LogP contribution in [-0.2, 0) is 4.74 Å². The summed E-state index contributed by atoms with van der Waals surface area (Å²) in [6.07, 6.45) is 0. The third-order valence-electron chi connectivity index (χ3n) is 3.87. The minimum absolute atomic E-state index is 0.0484. The lowest BCUT2D eigenvalue weighted by Crippen LogP contribution is -2.13. The van der Waals surface area contributed by atoms with Crippen molar-refractivity contribution in [3.8, 4) is 0 Å². The molecule has 0 fully saturated rings. The molecule has 5 heteroatoms. The predicted molar refractivity (Wildman–Crippen MR) is 97.9 cm³/mol. The van der Waals surface area contributed by atoms with Gasteiger partial charge in [-0.05, 0) is 33.3 Å². The van der Waals surface area contributed by atoms with Crippen molar-refractivity contribution in [2.75, 3.05) is 12.4 Å². The third kappa shape index (κ3) is 4.09. The second kappa shape index (κ2) is 8.20. The zero-order valence-corrected chi connectivity index (χ0v) is 15.3. The van der Waals surface area contributed by atoms with Crippen LogP contribution in [0.15, 0.2) is 30.3 Å². The molecule has 2 aromatic rings. The fraction of sp³-hybridized carbons (Fsp3) is 0.368. The van der Waals surface area contributed by atoms with Gasteiger partial charge in [-0.2, -0.15) is 0 Å². The highest BCUT2D eigenvalue weighted by Crippen LogP contribution is 2.30. The van der Waals surface area contributed by atoms with Crippen LogP contribution in [0.25, 0.3) is 0 Å². The van der Waals surface area contributed by atoms with Crippen molar-refractivity contribution in [2.24, 2.45) is 0 Å². The number of ketones is 1. The van der Waals surface area contributed by atoms with E-state index in [1.807, 2.05) is 25.1 Å². The highest BCUT2D eigenvalue weighted by atomic mass is 32.2. The monoisotopic (exact) mass is 345 g/mol. The first-order valence-corrected chi connectivity index (χ1v) is 9.06. The molecule has 4 nitrogen and oxygen atoms in total. The smallest absolute Gasteiger partial charge is 0.340 e. The van der Waals surface area contributed by atoms with Gasteiger partial charge in [0.05, 0.1) is 23.5 Å². The molecular weight excluding hydrogens is 322 g/mol. The van der Waals surface area contributed by atoms with E-state index in [0.29, 0.717) is 28.3 Å². The summed E-state index contributed by atoms with van der Waals surface area (Å²) in [5.41, 5.74) is 3.40. The number of aryl methyl sites for hydroxylation is 2. The van der Waals surface area contributed by atoms with Gasteiger partial charge in [0.15, 0.2) is 5.78 Å². The van der Waals surface area contributed by atoms with Gasteiger partial charge in [-0.1, -0.05) is 30.3 Å². The molecule has 0 aliphatic heterocycles. The van der Waals surface area contributed by atoms with Gasteiger partial charge >= 0.3 is 5.97 Å². The van der Waals surface area contributed by atoms with Crippen molar-refractivity contribution in [1.29, 1.82) is 0 Å². The van der Waals surface area contributed by atoms with Gasteiger partial charge in [0.2, 0.25) is 0 Å². The van der Waals surface area contributed by atoms with E-state index >= 15 is 0 Å². The van der Waals surface area contributed by atoms with E-state index < -0.39 is 5.97 Å². The Morgan fingerprint density at radius 2 is 1.75 bits per heavy atom. The van der Waals surface area contributed by atoms with E-state index in [-0.39, 0.29) is 17.6 Å². The molecule has 0 amide bonds. The number of esters is 1. The van der Waals surface area contributed by atoms with Crippen LogP contribution in [0, 0.1) is 13.8 Å². The maximum absolute atomic E-state index is 12.7. The Balaban J connectivity index is 2.14. The van der Waals surface area contributed by atoms with Crippen molar-refractivity contribution in [1.82, 2.24) is 4.98 Å². The Morgan fingerprint density at radius 1 is 1.12 bits per heavy atom. The first-order chi connectivity index (χ1) is 11.5. The Morgan fingerprint density at radius 3 is 2.38 bits per heavy atom. The van der Waals surface area contributed by atoms with Gasteiger partial charge in [0.25, 0.3) is 0 Å². The standard InChI is InChI=1S/C19H23NO3S/c1-5-23-19(22)18-13(3)20-12(2)17(18)16(21)11-24-14(4)15-9-7-6-8-10-15/h6-10,14,20H,5,11H2,1-4H3. The Labute approximate surface area is 147 Å². The number of rotatable bonds is 7. The lowest BCUT2D eigenvalue weighted by atomic mass is 10.1. The summed E-state index contributed by atoms with van der Waals surface area (Å²) in [6.45, 7) is 7.72. The van der Waals surface area contributed by atoms with Crippen LogP contribution in [0.4, 0.5) is 0 Å². The summed E-state index contributed by atoms with van der Waals surface area (Å²) in [7, 11) is 0. The average Bonchev–Trinajstić information content (AvgIpc) is 2.87. The average molecular weight is 345 g/mol. The topological polar surface area (TPSA) is 59.2 Å². The van der Waals surface area contributed by atoms with Crippen LogP contribution in [0.2, 0.25) is 0 Å². The lowest BCUT2D eigenvalue weighted by Gasteiger charge is -2.11. The third-order valence-corrected chi connectivity index (χ3v) is 5.07. The van der Waals surface area contributed by atoms with Crippen LogP contribution in [0.5, 0.6) is 0 Å². The van der Waals surface area contributed by atoms with Crippen LogP contribution < -0.4 is 0 Å². The number of benzene rings is 1. The number of ether oxygens (including phenoxy) is 1. The first-order valence-electron chi connectivity index (χ1n) is 8.01. The molecule has 0 saturated heterocycles. The van der Waals surface area contributed by atoms with Gasteiger partial charge in [0, 0.05) is 16.6 Å². The number of carbonyl (C=O) groups excluding carboxylic acids is 2. The summed E-state index contributed by atoms with van der Waals surface area (Å²) in [5.74, 6) is -0.169. The number of H-pyrrole nitrogens is 1. The van der Waals surface area contributed by atoms with E-state index in [9.17, 15) is 9.59 Å². The summed E-state index contributed by atoms with van der Waals surface area (Å²) in [6, 6.07) is 10.1. The highest BCUT2D eigenvalue weighted by Gasteiger charge is 2.25. The number of thioether (sulfide) groups is 1. The fourth-order valence-corrected chi connectivity index (χ4v) is 3.58. The fourth-order valence-electron chi connectivity index (χ4n) is 2.68. The summed E-state index contributed by atoms with van der Waals surface area (Å²) >= 11 is 1.57. The van der Waals surface area contributed by atoms with Gasteiger partial charge in [-0.25, -0.2) is 4.79 Å². The number of aromatic amines is 1. The van der Waals surface area contributed by atoms with E-state index in [0.717, 1.165) is 0 Å². The van der Waals surface area contributed by atoms with Gasteiger partial charge in [-0.3, -0.25) is 4.79 Å². The van der Waals surface area contributed by atoms with Crippen molar-refractivity contribution in [3.63, 3.8) is 0 Å². The minimum Gasteiger partial charge on any atom is -0.462 e. The zero-order valence-electron chi connectivity index (χ0n) is 14.5. The van der Waals surface area contributed by atoms with Gasteiger partial charge in [-0.15, -0.1) is 11.8 Å². The van der Waals surface area contributed by atoms with Crippen LogP contribution >= 0.6 is 11.8 Å².